The van der Waals surface area contributed by atoms with E-state index in [1.165, 1.54) is 11.0 Å². The van der Waals surface area contributed by atoms with Crippen molar-refractivity contribution in [1.82, 2.24) is 45.5 Å². The molecule has 0 radical (unpaired) electrons. The van der Waals surface area contributed by atoms with Gasteiger partial charge in [-0.25, -0.2) is 4.98 Å². The predicted molar refractivity (Wildman–Crippen MR) is 87.0 cm³/mol. The Morgan fingerprint density at radius 1 is 1.32 bits per heavy atom. The van der Waals surface area contributed by atoms with Crippen molar-refractivity contribution in [3.8, 4) is 11.6 Å². The van der Waals surface area contributed by atoms with Gasteiger partial charge in [0.15, 0.2) is 5.82 Å². The van der Waals surface area contributed by atoms with E-state index in [0.717, 1.165) is 25.2 Å². The van der Waals surface area contributed by atoms with E-state index in [4.69, 9.17) is 4.74 Å². The molecule has 3 aromatic heterocycles. The standard InChI is InChI=1S/C15H19N9O/c1-11-6-16-5-4-14(11)24-19-7-12(20-24)9-25-13-2-3-15(17-8-13)23-10-18-21-22-23/h2-3,7-8,10-11,14,16H,4-6,9H2,1H3. The van der Waals surface area contributed by atoms with Crippen LogP contribution < -0.4 is 10.1 Å². The molecule has 3 aromatic rings. The molecule has 1 aliphatic rings. The van der Waals surface area contributed by atoms with Gasteiger partial charge in [0.1, 0.15) is 24.4 Å². The number of hydrogen-bond acceptors (Lipinski definition) is 8. The number of nitrogens with one attached hydrogen (secondary N) is 1. The van der Waals surface area contributed by atoms with Crippen LogP contribution in [-0.2, 0) is 6.61 Å². The smallest absolute Gasteiger partial charge is 0.157 e. The number of tetrazole rings is 1. The first-order chi connectivity index (χ1) is 12.3. The first-order valence-electron chi connectivity index (χ1n) is 8.23. The monoisotopic (exact) mass is 341 g/mol. The van der Waals surface area contributed by atoms with Crippen molar-refractivity contribution in [2.75, 3.05) is 13.1 Å². The summed E-state index contributed by atoms with van der Waals surface area (Å²) in [5, 5.41) is 23.3. The van der Waals surface area contributed by atoms with Gasteiger partial charge in [0, 0.05) is 0 Å². The fourth-order valence-electron chi connectivity index (χ4n) is 2.90. The molecular weight excluding hydrogens is 322 g/mol. The van der Waals surface area contributed by atoms with Gasteiger partial charge < -0.3 is 10.1 Å². The van der Waals surface area contributed by atoms with Gasteiger partial charge in [-0.05, 0) is 48.0 Å². The quantitative estimate of drug-likeness (QED) is 0.710. The van der Waals surface area contributed by atoms with Gasteiger partial charge in [-0.3, -0.25) is 0 Å². The summed E-state index contributed by atoms with van der Waals surface area (Å²) in [6.07, 6.45) is 5.93. The van der Waals surface area contributed by atoms with Crippen LogP contribution in [0.2, 0.25) is 0 Å². The maximum absolute atomic E-state index is 5.74. The third-order valence-corrected chi connectivity index (χ3v) is 4.28. The Hall–Kier alpha value is -2.88. The summed E-state index contributed by atoms with van der Waals surface area (Å²) in [6.45, 7) is 4.57. The van der Waals surface area contributed by atoms with E-state index in [-0.39, 0.29) is 0 Å². The van der Waals surface area contributed by atoms with Crippen molar-refractivity contribution >= 4 is 0 Å². The minimum Gasteiger partial charge on any atom is -0.486 e. The highest BCUT2D eigenvalue weighted by molar-refractivity contribution is 5.27. The molecule has 4 heterocycles. The van der Waals surface area contributed by atoms with Gasteiger partial charge in [0.05, 0.1) is 18.4 Å². The summed E-state index contributed by atoms with van der Waals surface area (Å²) in [7, 11) is 0. The van der Waals surface area contributed by atoms with Crippen LogP contribution >= 0.6 is 0 Å². The van der Waals surface area contributed by atoms with Crippen LogP contribution in [0.3, 0.4) is 0 Å². The lowest BCUT2D eigenvalue weighted by Gasteiger charge is -2.28. The summed E-state index contributed by atoms with van der Waals surface area (Å²) < 4.78 is 7.22. The van der Waals surface area contributed by atoms with Crippen molar-refractivity contribution in [2.45, 2.75) is 26.0 Å². The third kappa shape index (κ3) is 3.48. The van der Waals surface area contributed by atoms with Gasteiger partial charge in [-0.1, -0.05) is 6.92 Å². The van der Waals surface area contributed by atoms with Gasteiger partial charge in [0.25, 0.3) is 0 Å². The maximum Gasteiger partial charge on any atom is 0.157 e. The molecule has 130 valence electrons. The summed E-state index contributed by atoms with van der Waals surface area (Å²) in [6, 6.07) is 3.95. The summed E-state index contributed by atoms with van der Waals surface area (Å²) in [4.78, 5) is 6.09. The second kappa shape index (κ2) is 6.93. The van der Waals surface area contributed by atoms with E-state index < -0.39 is 0 Å². The number of hydrogen-bond donors (Lipinski definition) is 1. The van der Waals surface area contributed by atoms with Crippen molar-refractivity contribution in [3.63, 3.8) is 0 Å². The van der Waals surface area contributed by atoms with Gasteiger partial charge in [0.2, 0.25) is 0 Å². The molecule has 0 bridgehead atoms. The van der Waals surface area contributed by atoms with Crippen molar-refractivity contribution in [3.05, 3.63) is 36.5 Å². The molecule has 0 aromatic carbocycles. The zero-order chi connectivity index (χ0) is 17.1. The Morgan fingerprint density at radius 3 is 3.04 bits per heavy atom. The van der Waals surface area contributed by atoms with E-state index in [9.17, 15) is 0 Å². The van der Waals surface area contributed by atoms with Gasteiger partial charge >= 0.3 is 0 Å². The largest absolute Gasteiger partial charge is 0.486 e. The molecule has 0 spiro atoms. The maximum atomic E-state index is 5.74. The molecule has 2 atom stereocenters. The van der Waals surface area contributed by atoms with E-state index >= 15 is 0 Å². The summed E-state index contributed by atoms with van der Waals surface area (Å²) in [5.74, 6) is 1.79. The number of piperidine rings is 1. The summed E-state index contributed by atoms with van der Waals surface area (Å²) >= 11 is 0. The molecule has 0 aliphatic carbocycles. The SMILES string of the molecule is CC1CNCCC1n1ncc(COc2ccc(-n3cnnn3)nc2)n1. The average molecular weight is 341 g/mol. The van der Waals surface area contributed by atoms with Crippen LogP contribution in [0.1, 0.15) is 25.1 Å². The first-order valence-corrected chi connectivity index (χ1v) is 8.23. The Balaban J connectivity index is 1.37. The zero-order valence-electron chi connectivity index (χ0n) is 13.9. The predicted octanol–water partition coefficient (Wildman–Crippen LogP) is 0.398. The zero-order valence-corrected chi connectivity index (χ0v) is 13.9. The lowest BCUT2D eigenvalue weighted by Crippen LogP contribution is -2.37. The number of ether oxygens (including phenoxy) is 1. The average Bonchev–Trinajstić information content (AvgIpc) is 3.33. The lowest BCUT2D eigenvalue weighted by molar-refractivity contribution is 0.230. The summed E-state index contributed by atoms with van der Waals surface area (Å²) in [5.41, 5.74) is 0.801. The molecule has 1 saturated heterocycles. The highest BCUT2D eigenvalue weighted by Gasteiger charge is 2.24. The molecule has 1 aliphatic heterocycles. The van der Waals surface area contributed by atoms with E-state index in [2.05, 4.69) is 42.9 Å². The van der Waals surface area contributed by atoms with Gasteiger partial charge in [-0.2, -0.15) is 19.7 Å². The van der Waals surface area contributed by atoms with Gasteiger partial charge in [-0.15, -0.1) is 5.10 Å². The van der Waals surface area contributed by atoms with Crippen LogP contribution in [0, 0.1) is 5.92 Å². The molecule has 0 saturated carbocycles. The van der Waals surface area contributed by atoms with E-state index in [1.54, 1.807) is 18.5 Å². The molecule has 0 amide bonds. The minimum atomic E-state index is 0.340. The molecule has 10 nitrogen and oxygen atoms in total. The van der Waals surface area contributed by atoms with Crippen molar-refractivity contribution in [1.29, 1.82) is 0 Å². The third-order valence-electron chi connectivity index (χ3n) is 4.28. The van der Waals surface area contributed by atoms with Crippen LogP contribution in [-0.4, -0.2) is 53.3 Å². The number of pyridine rings is 1. The second-order valence-electron chi connectivity index (χ2n) is 6.09. The Labute approximate surface area is 144 Å². The van der Waals surface area contributed by atoms with Crippen LogP contribution in [0.4, 0.5) is 0 Å². The van der Waals surface area contributed by atoms with E-state index in [1.807, 2.05) is 10.9 Å². The fraction of sp³-hybridized carbons (Fsp3) is 0.467. The Kier molecular flexibility index (Phi) is 4.34. The van der Waals surface area contributed by atoms with Crippen LogP contribution in [0.25, 0.3) is 5.82 Å². The Morgan fingerprint density at radius 2 is 2.28 bits per heavy atom. The topological polar surface area (TPSA) is 108 Å². The number of aromatic nitrogens is 8. The Bertz CT molecular complexity index is 799. The first kappa shape index (κ1) is 15.6. The molecule has 25 heavy (non-hydrogen) atoms. The molecule has 10 heteroatoms. The lowest BCUT2D eigenvalue weighted by atomic mass is 9.96. The van der Waals surface area contributed by atoms with Crippen molar-refractivity contribution in [2.24, 2.45) is 5.92 Å². The highest BCUT2D eigenvalue weighted by atomic mass is 16.5. The van der Waals surface area contributed by atoms with Crippen LogP contribution in [0.5, 0.6) is 5.75 Å². The normalized spacial score (nSPS) is 20.5. The van der Waals surface area contributed by atoms with Crippen LogP contribution in [0.15, 0.2) is 30.9 Å². The molecule has 1 N–H and O–H groups in total. The van der Waals surface area contributed by atoms with E-state index in [0.29, 0.717) is 30.1 Å². The number of nitrogens with zero attached hydrogens (tertiary/aromatic N) is 8. The number of rotatable bonds is 5. The molecule has 1 fully saturated rings. The second-order valence-corrected chi connectivity index (χ2v) is 6.09. The molecule has 2 unspecified atom stereocenters. The minimum absolute atomic E-state index is 0.340. The molecular formula is C15H19N9O. The van der Waals surface area contributed by atoms with Crippen molar-refractivity contribution < 1.29 is 4.74 Å². The molecule has 4 rings (SSSR count). The fourth-order valence-corrected chi connectivity index (χ4v) is 2.90. The highest BCUT2D eigenvalue weighted by Crippen LogP contribution is 2.22.